The normalized spacial score (nSPS) is 15.4. The molecule has 0 bridgehead atoms. The molecule has 1 amide bonds. The summed E-state index contributed by atoms with van der Waals surface area (Å²) >= 11 is 0. The third-order valence-corrected chi connectivity index (χ3v) is 4.05. The minimum absolute atomic E-state index is 0.0550. The minimum Gasteiger partial charge on any atom is -0.507 e. The van der Waals surface area contributed by atoms with E-state index >= 15 is 0 Å². The number of primary amides is 1. The molecule has 7 nitrogen and oxygen atoms in total. The number of H-pyrrole nitrogens is 1. The van der Waals surface area contributed by atoms with Gasteiger partial charge in [-0.15, -0.1) is 0 Å². The van der Waals surface area contributed by atoms with Crippen molar-refractivity contribution >= 4 is 23.5 Å². The number of hydrogen-bond acceptors (Lipinski definition) is 5. The quantitative estimate of drug-likeness (QED) is 0.488. The smallest absolute Gasteiger partial charge is 0.251 e. The van der Waals surface area contributed by atoms with Gasteiger partial charge in [0, 0.05) is 41.5 Å². The summed E-state index contributed by atoms with van der Waals surface area (Å²) in [6, 6.07) is 6.69. The zero-order valence-electron chi connectivity index (χ0n) is 12.5. The van der Waals surface area contributed by atoms with Crippen LogP contribution in [0.4, 0.5) is 5.82 Å². The molecule has 1 aromatic heterocycles. The van der Waals surface area contributed by atoms with Crippen molar-refractivity contribution in [2.24, 2.45) is 11.5 Å². The van der Waals surface area contributed by atoms with Crippen LogP contribution in [0.2, 0.25) is 0 Å². The van der Waals surface area contributed by atoms with Crippen LogP contribution in [0.5, 0.6) is 5.75 Å². The molecule has 9 N–H and O–H groups in total. The zero-order valence-corrected chi connectivity index (χ0v) is 12.5. The molecule has 0 atom stereocenters. The number of carbonyl (C=O) groups is 1. The summed E-state index contributed by atoms with van der Waals surface area (Å²) < 4.78 is 0. The van der Waals surface area contributed by atoms with Crippen molar-refractivity contribution in [3.05, 3.63) is 46.6 Å². The van der Waals surface area contributed by atoms with Crippen molar-refractivity contribution in [2.45, 2.75) is 5.92 Å². The number of aromatic amines is 1. The summed E-state index contributed by atoms with van der Waals surface area (Å²) in [6.07, 6.45) is 1.57. The molecule has 1 aliphatic heterocycles. The van der Waals surface area contributed by atoms with Crippen LogP contribution in [0.1, 0.15) is 33.1 Å². The van der Waals surface area contributed by atoms with Crippen molar-refractivity contribution in [3.63, 3.8) is 0 Å². The van der Waals surface area contributed by atoms with Gasteiger partial charge in [0.1, 0.15) is 11.6 Å². The first-order valence-corrected chi connectivity index (χ1v) is 7.26. The van der Waals surface area contributed by atoms with E-state index in [0.29, 0.717) is 28.2 Å². The molecule has 0 aliphatic carbocycles. The Morgan fingerprint density at radius 1 is 1.26 bits per heavy atom. The number of phenols is 1. The van der Waals surface area contributed by atoms with Gasteiger partial charge in [-0.2, -0.15) is 0 Å². The van der Waals surface area contributed by atoms with Crippen molar-refractivity contribution in [3.8, 4) is 5.75 Å². The van der Waals surface area contributed by atoms with E-state index in [2.05, 4.69) is 10.3 Å². The molecule has 2 heterocycles. The van der Waals surface area contributed by atoms with Crippen molar-refractivity contribution in [2.75, 3.05) is 18.8 Å². The summed E-state index contributed by atoms with van der Waals surface area (Å²) in [5, 5.41) is 13.0. The lowest BCUT2D eigenvalue weighted by atomic mass is 9.94. The van der Waals surface area contributed by atoms with Crippen LogP contribution in [0.15, 0.2) is 24.3 Å². The van der Waals surface area contributed by atoms with Crippen LogP contribution in [-0.4, -0.2) is 29.1 Å². The molecule has 3 rings (SSSR count). The summed E-state index contributed by atoms with van der Waals surface area (Å²) in [7, 11) is 0. The molecular weight excluding hydrogens is 294 g/mol. The molecular formula is C16H19N5O2. The Bertz CT molecular complexity index is 790. The van der Waals surface area contributed by atoms with Crippen LogP contribution in [0, 0.1) is 0 Å². The predicted octanol–water partition coefficient (Wildman–Crippen LogP) is 0.545. The average molecular weight is 313 g/mol. The Morgan fingerprint density at radius 2 is 1.96 bits per heavy atom. The van der Waals surface area contributed by atoms with Crippen LogP contribution < -0.4 is 22.5 Å². The number of carbonyl (C=O) groups excluding carboxylic acids is 1. The number of para-hydroxylation sites is 1. The molecule has 23 heavy (non-hydrogen) atoms. The molecule has 7 heteroatoms. The topological polar surface area (TPSA) is 143 Å². The second-order valence-corrected chi connectivity index (χ2v) is 5.58. The van der Waals surface area contributed by atoms with E-state index in [9.17, 15) is 9.90 Å². The SMILES string of the molecule is NC(=O)c1c(C2CNC2)[nH]c(N)c1/C=C(\N)c1ccccc1O. The van der Waals surface area contributed by atoms with E-state index in [1.54, 1.807) is 24.3 Å². The monoisotopic (exact) mass is 313 g/mol. The van der Waals surface area contributed by atoms with E-state index in [1.807, 2.05) is 0 Å². The Balaban J connectivity index is 2.09. The number of anilines is 1. The van der Waals surface area contributed by atoms with E-state index < -0.39 is 5.91 Å². The number of aromatic hydroxyl groups is 1. The number of nitrogen functional groups attached to an aromatic ring is 1. The fourth-order valence-corrected chi connectivity index (χ4v) is 2.72. The van der Waals surface area contributed by atoms with Crippen LogP contribution in [-0.2, 0) is 0 Å². The molecule has 1 saturated heterocycles. The van der Waals surface area contributed by atoms with Gasteiger partial charge in [-0.3, -0.25) is 4.79 Å². The number of phenolic OH excluding ortho intramolecular Hbond substituents is 1. The van der Waals surface area contributed by atoms with Crippen LogP contribution in [0.3, 0.4) is 0 Å². The van der Waals surface area contributed by atoms with Gasteiger partial charge >= 0.3 is 0 Å². The third kappa shape index (κ3) is 2.62. The van der Waals surface area contributed by atoms with E-state index in [4.69, 9.17) is 17.2 Å². The number of benzene rings is 1. The number of amides is 1. The van der Waals surface area contributed by atoms with Gasteiger partial charge in [-0.05, 0) is 18.2 Å². The summed E-state index contributed by atoms with van der Waals surface area (Å²) in [6.45, 7) is 1.52. The van der Waals surface area contributed by atoms with E-state index in [0.717, 1.165) is 18.8 Å². The number of nitrogens with one attached hydrogen (secondary N) is 2. The highest BCUT2D eigenvalue weighted by molar-refractivity contribution is 6.02. The standard InChI is InChI=1S/C16H19N5O2/c17-11(9-3-1-2-4-12(9)22)5-10-13(16(19)23)14(21-15(10)18)8-6-20-7-8/h1-5,8,20-22H,6-7,17-18H2,(H2,19,23)/b11-5-. The Hall–Kier alpha value is -2.93. The molecule has 120 valence electrons. The highest BCUT2D eigenvalue weighted by atomic mass is 16.3. The first-order chi connectivity index (χ1) is 11.0. The van der Waals surface area contributed by atoms with Gasteiger partial charge in [-0.1, -0.05) is 12.1 Å². The maximum Gasteiger partial charge on any atom is 0.251 e. The lowest BCUT2D eigenvalue weighted by Gasteiger charge is -2.27. The Kier molecular flexibility index (Phi) is 3.71. The average Bonchev–Trinajstić information content (AvgIpc) is 2.74. The van der Waals surface area contributed by atoms with E-state index in [-0.39, 0.29) is 11.7 Å². The van der Waals surface area contributed by atoms with Gasteiger partial charge < -0.3 is 32.6 Å². The second-order valence-electron chi connectivity index (χ2n) is 5.58. The molecule has 1 aliphatic rings. The minimum atomic E-state index is -0.559. The number of hydrogen-bond donors (Lipinski definition) is 6. The first-order valence-electron chi connectivity index (χ1n) is 7.26. The van der Waals surface area contributed by atoms with Crippen LogP contribution >= 0.6 is 0 Å². The van der Waals surface area contributed by atoms with Crippen LogP contribution in [0.25, 0.3) is 11.8 Å². The maximum atomic E-state index is 11.9. The van der Waals surface area contributed by atoms with Crippen molar-refractivity contribution < 1.29 is 9.90 Å². The summed E-state index contributed by atoms with van der Waals surface area (Å²) in [4.78, 5) is 14.9. The van der Waals surface area contributed by atoms with Gasteiger partial charge in [-0.25, -0.2) is 0 Å². The third-order valence-electron chi connectivity index (χ3n) is 4.05. The van der Waals surface area contributed by atoms with Crippen molar-refractivity contribution in [1.29, 1.82) is 0 Å². The van der Waals surface area contributed by atoms with Gasteiger partial charge in [0.15, 0.2) is 0 Å². The molecule has 0 unspecified atom stereocenters. The van der Waals surface area contributed by atoms with Gasteiger partial charge in [0.2, 0.25) is 0 Å². The Morgan fingerprint density at radius 3 is 2.52 bits per heavy atom. The number of aromatic nitrogens is 1. The second kappa shape index (κ2) is 5.69. The molecule has 0 spiro atoms. The van der Waals surface area contributed by atoms with Gasteiger partial charge in [0.25, 0.3) is 5.91 Å². The van der Waals surface area contributed by atoms with Crippen molar-refractivity contribution in [1.82, 2.24) is 10.3 Å². The highest BCUT2D eigenvalue weighted by Crippen LogP contribution is 2.32. The lowest BCUT2D eigenvalue weighted by Crippen LogP contribution is -2.41. The molecule has 1 aromatic carbocycles. The van der Waals surface area contributed by atoms with E-state index in [1.165, 1.54) is 6.07 Å². The summed E-state index contributed by atoms with van der Waals surface area (Å²) in [5.41, 5.74) is 19.9. The summed E-state index contributed by atoms with van der Waals surface area (Å²) in [5.74, 6) is 0.00274. The molecule has 2 aromatic rings. The molecule has 0 saturated carbocycles. The number of rotatable bonds is 4. The van der Waals surface area contributed by atoms with Gasteiger partial charge in [0.05, 0.1) is 5.56 Å². The fraction of sp³-hybridized carbons (Fsp3) is 0.188. The Labute approximate surface area is 133 Å². The maximum absolute atomic E-state index is 11.9. The molecule has 0 radical (unpaired) electrons. The predicted molar refractivity (Wildman–Crippen MR) is 89.5 cm³/mol. The zero-order chi connectivity index (χ0) is 16.6. The number of nitrogens with two attached hydrogens (primary N) is 3. The fourth-order valence-electron chi connectivity index (χ4n) is 2.72. The lowest BCUT2D eigenvalue weighted by molar-refractivity contribution is 0.0998. The molecule has 1 fully saturated rings. The highest BCUT2D eigenvalue weighted by Gasteiger charge is 2.28. The largest absolute Gasteiger partial charge is 0.507 e. The first kappa shape index (κ1) is 15.0.